The summed E-state index contributed by atoms with van der Waals surface area (Å²) in [7, 11) is 0. The zero-order valence-corrected chi connectivity index (χ0v) is 14.7. The van der Waals surface area contributed by atoms with Gasteiger partial charge in [0.25, 0.3) is 0 Å². The summed E-state index contributed by atoms with van der Waals surface area (Å²) in [6, 6.07) is 19.4. The fourth-order valence-corrected chi connectivity index (χ4v) is 3.16. The minimum Gasteiger partial charge on any atom is -0.281 e. The van der Waals surface area contributed by atoms with E-state index < -0.39 is 11.7 Å². The van der Waals surface area contributed by atoms with Crippen LogP contribution in [0.1, 0.15) is 43.0 Å². The Bertz CT molecular complexity index is 936. The van der Waals surface area contributed by atoms with Gasteiger partial charge in [-0.15, -0.1) is 0 Å². The molecule has 0 bridgehead atoms. The summed E-state index contributed by atoms with van der Waals surface area (Å²) in [5.41, 5.74) is 1.63. The monoisotopic (exact) mass is 355 g/mol. The standard InChI is InChI=1S/C22H20F3N/c1-3-21(17-10-6-11-18(14-17)22(23,24)25)26-15(2)19-13-7-9-16-8-4-5-12-20(16)19/h4-15H,3H2,1-2H3. The van der Waals surface area contributed by atoms with Crippen molar-refractivity contribution in [3.8, 4) is 0 Å². The number of hydrogen-bond acceptors (Lipinski definition) is 1. The van der Waals surface area contributed by atoms with Crippen LogP contribution in [-0.2, 0) is 6.18 Å². The quantitative estimate of drug-likeness (QED) is 0.455. The van der Waals surface area contributed by atoms with Crippen LogP contribution >= 0.6 is 0 Å². The molecule has 1 unspecified atom stereocenters. The third kappa shape index (κ3) is 3.79. The molecule has 0 aromatic heterocycles. The largest absolute Gasteiger partial charge is 0.416 e. The smallest absolute Gasteiger partial charge is 0.281 e. The summed E-state index contributed by atoms with van der Waals surface area (Å²) < 4.78 is 39.0. The lowest BCUT2D eigenvalue weighted by atomic mass is 9.99. The van der Waals surface area contributed by atoms with Gasteiger partial charge in [0.1, 0.15) is 0 Å². The van der Waals surface area contributed by atoms with Crippen LogP contribution in [0.5, 0.6) is 0 Å². The third-order valence-corrected chi connectivity index (χ3v) is 4.48. The van der Waals surface area contributed by atoms with Crippen LogP contribution < -0.4 is 0 Å². The number of alkyl halides is 3. The Morgan fingerprint density at radius 2 is 1.65 bits per heavy atom. The number of nitrogens with zero attached hydrogens (tertiary/aromatic N) is 1. The van der Waals surface area contributed by atoms with Gasteiger partial charge >= 0.3 is 6.18 Å². The van der Waals surface area contributed by atoms with Gasteiger partial charge in [-0.2, -0.15) is 13.2 Å². The second-order valence-electron chi connectivity index (χ2n) is 6.25. The van der Waals surface area contributed by atoms with Crippen molar-refractivity contribution in [2.45, 2.75) is 32.5 Å². The normalized spacial score (nSPS) is 13.8. The molecule has 0 aliphatic heterocycles. The minimum atomic E-state index is -4.35. The summed E-state index contributed by atoms with van der Waals surface area (Å²) in [5.74, 6) is 0. The number of benzene rings is 3. The molecule has 0 aliphatic rings. The van der Waals surface area contributed by atoms with Gasteiger partial charge in [-0.25, -0.2) is 0 Å². The molecule has 3 aromatic rings. The molecule has 0 saturated heterocycles. The Labute approximate surface area is 151 Å². The van der Waals surface area contributed by atoms with E-state index in [2.05, 4.69) is 0 Å². The lowest BCUT2D eigenvalue weighted by molar-refractivity contribution is -0.137. The highest BCUT2D eigenvalue weighted by Gasteiger charge is 2.30. The number of aliphatic imine (C=N–C) groups is 1. The zero-order valence-electron chi connectivity index (χ0n) is 14.7. The van der Waals surface area contributed by atoms with Gasteiger partial charge in [0.15, 0.2) is 0 Å². The third-order valence-electron chi connectivity index (χ3n) is 4.48. The summed E-state index contributed by atoms with van der Waals surface area (Å²) in [6.45, 7) is 3.89. The van der Waals surface area contributed by atoms with Crippen LogP contribution in [0, 0.1) is 0 Å². The van der Waals surface area contributed by atoms with Crippen molar-refractivity contribution in [3.05, 3.63) is 83.4 Å². The highest BCUT2D eigenvalue weighted by Crippen LogP contribution is 2.31. The van der Waals surface area contributed by atoms with Crippen LogP contribution in [0.25, 0.3) is 10.8 Å². The fourth-order valence-electron chi connectivity index (χ4n) is 3.16. The van der Waals surface area contributed by atoms with Crippen LogP contribution in [0.4, 0.5) is 13.2 Å². The number of rotatable bonds is 4. The van der Waals surface area contributed by atoms with Gasteiger partial charge in [-0.05, 0) is 47.4 Å². The van der Waals surface area contributed by atoms with Gasteiger partial charge in [-0.1, -0.05) is 61.5 Å². The van der Waals surface area contributed by atoms with Gasteiger partial charge in [0, 0.05) is 5.71 Å². The van der Waals surface area contributed by atoms with Crippen molar-refractivity contribution < 1.29 is 13.2 Å². The Morgan fingerprint density at radius 3 is 2.38 bits per heavy atom. The molecule has 26 heavy (non-hydrogen) atoms. The molecule has 0 aliphatic carbocycles. The molecule has 0 amide bonds. The molecule has 0 fully saturated rings. The van der Waals surface area contributed by atoms with E-state index in [0.717, 1.165) is 22.4 Å². The van der Waals surface area contributed by atoms with Crippen LogP contribution in [0.3, 0.4) is 0 Å². The first-order valence-corrected chi connectivity index (χ1v) is 8.62. The van der Waals surface area contributed by atoms with Crippen molar-refractivity contribution in [2.24, 2.45) is 4.99 Å². The first kappa shape index (κ1) is 18.2. The highest BCUT2D eigenvalue weighted by molar-refractivity contribution is 6.01. The number of hydrogen-bond donors (Lipinski definition) is 0. The summed E-state index contributed by atoms with van der Waals surface area (Å²) in [6.07, 6.45) is -3.79. The van der Waals surface area contributed by atoms with Gasteiger partial charge in [-0.3, -0.25) is 4.99 Å². The Balaban J connectivity index is 2.01. The van der Waals surface area contributed by atoms with Crippen LogP contribution in [0.15, 0.2) is 71.7 Å². The number of halogens is 3. The average molecular weight is 355 g/mol. The van der Waals surface area contributed by atoms with Gasteiger partial charge in [0.2, 0.25) is 0 Å². The van der Waals surface area contributed by atoms with E-state index in [1.54, 1.807) is 6.07 Å². The van der Waals surface area contributed by atoms with E-state index in [1.165, 1.54) is 12.1 Å². The molecular formula is C22H20F3N. The van der Waals surface area contributed by atoms with Gasteiger partial charge < -0.3 is 0 Å². The summed E-state index contributed by atoms with van der Waals surface area (Å²) in [4.78, 5) is 4.76. The van der Waals surface area contributed by atoms with E-state index in [1.807, 2.05) is 56.3 Å². The molecular weight excluding hydrogens is 335 g/mol. The predicted molar refractivity (Wildman–Crippen MR) is 101 cm³/mol. The van der Waals surface area contributed by atoms with Crippen LogP contribution in [-0.4, -0.2) is 5.71 Å². The Morgan fingerprint density at radius 1 is 0.962 bits per heavy atom. The maximum absolute atomic E-state index is 13.0. The molecule has 1 nitrogen and oxygen atoms in total. The molecule has 0 N–H and O–H groups in total. The van der Waals surface area contributed by atoms with Crippen molar-refractivity contribution in [2.75, 3.05) is 0 Å². The highest BCUT2D eigenvalue weighted by atomic mass is 19.4. The molecule has 3 rings (SSSR count). The summed E-state index contributed by atoms with van der Waals surface area (Å²) >= 11 is 0. The average Bonchev–Trinajstić information content (AvgIpc) is 2.65. The van der Waals surface area contributed by atoms with E-state index in [0.29, 0.717) is 17.7 Å². The second kappa shape index (κ2) is 7.32. The van der Waals surface area contributed by atoms with Crippen LogP contribution in [0.2, 0.25) is 0 Å². The maximum atomic E-state index is 13.0. The number of fused-ring (bicyclic) bond motifs is 1. The summed E-state index contributed by atoms with van der Waals surface area (Å²) in [5, 5.41) is 2.25. The maximum Gasteiger partial charge on any atom is 0.416 e. The lowest BCUT2D eigenvalue weighted by Gasteiger charge is -2.14. The zero-order chi connectivity index (χ0) is 18.7. The molecule has 3 aromatic carbocycles. The Hall–Kier alpha value is -2.62. The van der Waals surface area contributed by atoms with Crippen molar-refractivity contribution in [3.63, 3.8) is 0 Å². The van der Waals surface area contributed by atoms with Gasteiger partial charge in [0.05, 0.1) is 11.6 Å². The van der Waals surface area contributed by atoms with E-state index in [4.69, 9.17) is 4.99 Å². The SMILES string of the molecule is CCC(=NC(C)c1cccc2ccccc12)c1cccc(C(F)(F)F)c1. The minimum absolute atomic E-state index is 0.148. The first-order valence-electron chi connectivity index (χ1n) is 8.62. The predicted octanol–water partition coefficient (Wildman–Crippen LogP) is 6.82. The van der Waals surface area contributed by atoms with E-state index in [9.17, 15) is 13.2 Å². The van der Waals surface area contributed by atoms with E-state index >= 15 is 0 Å². The van der Waals surface area contributed by atoms with Crippen molar-refractivity contribution in [1.82, 2.24) is 0 Å². The first-order chi connectivity index (χ1) is 12.4. The van der Waals surface area contributed by atoms with Crippen molar-refractivity contribution >= 4 is 16.5 Å². The lowest BCUT2D eigenvalue weighted by Crippen LogP contribution is -2.08. The topological polar surface area (TPSA) is 12.4 Å². The second-order valence-corrected chi connectivity index (χ2v) is 6.25. The van der Waals surface area contributed by atoms with E-state index in [-0.39, 0.29) is 6.04 Å². The molecule has 0 heterocycles. The molecule has 1 atom stereocenters. The van der Waals surface area contributed by atoms with Crippen molar-refractivity contribution in [1.29, 1.82) is 0 Å². The molecule has 0 saturated carbocycles. The molecule has 0 spiro atoms. The molecule has 0 radical (unpaired) electrons. The Kier molecular flexibility index (Phi) is 5.12. The molecule has 4 heteroatoms. The fraction of sp³-hybridized carbons (Fsp3) is 0.227. The molecule has 134 valence electrons.